The van der Waals surface area contributed by atoms with Gasteiger partial charge in [0.05, 0.1) is 18.3 Å². The van der Waals surface area contributed by atoms with Gasteiger partial charge in [-0.15, -0.1) is 0 Å². The summed E-state index contributed by atoms with van der Waals surface area (Å²) in [5.41, 5.74) is 0.597. The van der Waals surface area contributed by atoms with Crippen LogP contribution < -0.4 is 0 Å². The number of rotatable bonds is 10. The molecule has 4 rings (SSSR count). The molecule has 0 radical (unpaired) electrons. The van der Waals surface area contributed by atoms with Crippen molar-refractivity contribution in [1.82, 2.24) is 0 Å². The summed E-state index contributed by atoms with van der Waals surface area (Å²) in [6, 6.07) is 0. The van der Waals surface area contributed by atoms with Gasteiger partial charge in [0, 0.05) is 13.5 Å². The van der Waals surface area contributed by atoms with Gasteiger partial charge in [0.15, 0.2) is 0 Å². The van der Waals surface area contributed by atoms with Crippen molar-refractivity contribution in [3.05, 3.63) is 0 Å². The van der Waals surface area contributed by atoms with E-state index < -0.39 is 20.6 Å². The maximum atomic E-state index is 12.2. The zero-order chi connectivity index (χ0) is 27.9. The van der Waals surface area contributed by atoms with E-state index in [1.54, 1.807) is 0 Å². The first kappa shape index (κ1) is 30.5. The number of esters is 1. The molecule has 4 aliphatic rings. The molecule has 10 unspecified atom stereocenters. The van der Waals surface area contributed by atoms with E-state index in [1.165, 1.54) is 38.5 Å². The molecule has 4 aliphatic carbocycles. The summed E-state index contributed by atoms with van der Waals surface area (Å²) in [5.74, 6) is 3.01. The van der Waals surface area contributed by atoms with Gasteiger partial charge in [0.2, 0.25) is 6.79 Å². The summed E-state index contributed by atoms with van der Waals surface area (Å²) >= 11 is 0. The number of hydrogen-bond acceptors (Lipinski definition) is 6. The van der Waals surface area contributed by atoms with Crippen LogP contribution in [0.1, 0.15) is 98.8 Å². The van der Waals surface area contributed by atoms with Crippen LogP contribution in [-0.2, 0) is 28.1 Å². The van der Waals surface area contributed by atoms with Crippen molar-refractivity contribution in [2.24, 2.45) is 46.3 Å². The van der Waals surface area contributed by atoms with Gasteiger partial charge in [0.1, 0.15) is 0 Å². The monoisotopic (exact) mass is 558 g/mol. The van der Waals surface area contributed by atoms with Crippen LogP contribution in [0.4, 0.5) is 0 Å². The maximum Gasteiger partial charge on any atom is 0.472 e. The molecule has 0 spiro atoms. The van der Waals surface area contributed by atoms with Crippen molar-refractivity contribution in [3.63, 3.8) is 0 Å². The standard InChI is InChI=1S/C29H51O8P/c1-18(2)37-25-16-20-15-21(34-6)11-13-28(20,4)24-12-14-29(5)22(8-9-23(29)27(24)25)19(3)7-10-26(30)35-17-36-38(31,32)33/h18-25,27H,7-17H2,1-6H3,(H2,31,32,33). The van der Waals surface area contributed by atoms with E-state index in [0.29, 0.717) is 59.6 Å². The third-order valence-electron chi connectivity index (χ3n) is 11.4. The Bertz CT molecular complexity index is 875. The lowest BCUT2D eigenvalue weighted by Gasteiger charge is -2.63. The third-order valence-corrected chi connectivity index (χ3v) is 11.8. The molecule has 0 aromatic heterocycles. The van der Waals surface area contributed by atoms with E-state index in [2.05, 4.69) is 39.1 Å². The van der Waals surface area contributed by atoms with Crippen molar-refractivity contribution in [2.75, 3.05) is 13.9 Å². The Morgan fingerprint density at radius 3 is 2.34 bits per heavy atom. The summed E-state index contributed by atoms with van der Waals surface area (Å²) in [5, 5.41) is 0. The van der Waals surface area contributed by atoms with Crippen molar-refractivity contribution in [2.45, 2.75) is 117 Å². The van der Waals surface area contributed by atoms with Gasteiger partial charge < -0.3 is 24.0 Å². The Morgan fingerprint density at radius 2 is 1.68 bits per heavy atom. The van der Waals surface area contributed by atoms with E-state index >= 15 is 0 Å². The highest BCUT2D eigenvalue weighted by molar-refractivity contribution is 7.46. The zero-order valence-corrected chi connectivity index (χ0v) is 25.2. The number of ether oxygens (including phenoxy) is 3. The molecule has 220 valence electrons. The highest BCUT2D eigenvalue weighted by Crippen LogP contribution is 2.69. The van der Waals surface area contributed by atoms with Crippen LogP contribution in [0.15, 0.2) is 0 Å². The van der Waals surface area contributed by atoms with Gasteiger partial charge >= 0.3 is 13.8 Å². The first-order valence-corrected chi connectivity index (χ1v) is 16.4. The lowest BCUT2D eigenvalue weighted by Crippen LogP contribution is -2.59. The SMILES string of the molecule is COC1CCC2(C)C(C1)CC(OC(C)C)C1C2CCC2(C)C(C(C)CCC(=O)OCOP(=O)(O)O)CCC12. The molecule has 0 aromatic carbocycles. The number of methoxy groups -OCH3 is 1. The fourth-order valence-electron chi connectivity index (χ4n) is 9.62. The van der Waals surface area contributed by atoms with Crippen LogP contribution >= 0.6 is 7.82 Å². The van der Waals surface area contributed by atoms with Crippen molar-refractivity contribution >= 4 is 13.8 Å². The summed E-state index contributed by atoms with van der Waals surface area (Å²) in [4.78, 5) is 29.7. The van der Waals surface area contributed by atoms with Crippen LogP contribution in [0.25, 0.3) is 0 Å². The van der Waals surface area contributed by atoms with Gasteiger partial charge in [0.25, 0.3) is 0 Å². The van der Waals surface area contributed by atoms with Gasteiger partial charge in [-0.3, -0.25) is 4.79 Å². The molecule has 0 amide bonds. The molecule has 0 heterocycles. The smallest absolute Gasteiger partial charge is 0.438 e. The minimum Gasteiger partial charge on any atom is -0.438 e. The van der Waals surface area contributed by atoms with E-state index in [4.69, 9.17) is 24.0 Å². The first-order chi connectivity index (χ1) is 17.8. The second-order valence-corrected chi connectivity index (χ2v) is 14.8. The highest BCUT2D eigenvalue weighted by Gasteiger charge is 2.63. The molecule has 4 saturated carbocycles. The van der Waals surface area contributed by atoms with Crippen LogP contribution in [0, 0.1) is 46.3 Å². The fraction of sp³-hybridized carbons (Fsp3) is 0.966. The van der Waals surface area contributed by atoms with Crippen LogP contribution in [-0.4, -0.2) is 48.0 Å². The first-order valence-electron chi connectivity index (χ1n) is 14.8. The topological polar surface area (TPSA) is 112 Å². The average Bonchev–Trinajstić information content (AvgIpc) is 3.18. The lowest BCUT2D eigenvalue weighted by molar-refractivity contribution is -0.198. The molecule has 38 heavy (non-hydrogen) atoms. The van der Waals surface area contributed by atoms with Crippen LogP contribution in [0.3, 0.4) is 0 Å². The Hall–Kier alpha value is -0.500. The molecule has 10 atom stereocenters. The quantitative estimate of drug-likeness (QED) is 0.188. The molecular formula is C29H51O8P. The second-order valence-electron chi connectivity index (χ2n) is 13.6. The van der Waals surface area contributed by atoms with Gasteiger partial charge in [-0.25, -0.2) is 9.09 Å². The zero-order valence-electron chi connectivity index (χ0n) is 24.3. The number of carbonyl (C=O) groups is 1. The van der Waals surface area contributed by atoms with Gasteiger partial charge in [-0.2, -0.15) is 0 Å². The van der Waals surface area contributed by atoms with Crippen molar-refractivity contribution in [3.8, 4) is 0 Å². The van der Waals surface area contributed by atoms with Crippen LogP contribution in [0.5, 0.6) is 0 Å². The molecule has 2 N–H and O–H groups in total. The molecule has 9 heteroatoms. The Labute approximate surface area is 229 Å². The Morgan fingerprint density at radius 1 is 1.00 bits per heavy atom. The summed E-state index contributed by atoms with van der Waals surface area (Å²) in [7, 11) is -2.78. The predicted molar refractivity (Wildman–Crippen MR) is 144 cm³/mol. The number of phosphoric acid groups is 1. The Kier molecular flexibility index (Phi) is 9.44. The minimum absolute atomic E-state index is 0.219. The number of hydrogen-bond donors (Lipinski definition) is 2. The van der Waals surface area contributed by atoms with E-state index in [9.17, 15) is 9.36 Å². The number of phosphoric ester groups is 1. The van der Waals surface area contributed by atoms with Gasteiger partial charge in [-0.1, -0.05) is 20.8 Å². The maximum absolute atomic E-state index is 12.2. The molecule has 0 bridgehead atoms. The fourth-order valence-corrected chi connectivity index (χ4v) is 9.81. The van der Waals surface area contributed by atoms with Gasteiger partial charge in [-0.05, 0) is 118 Å². The number of fused-ring (bicyclic) bond motifs is 5. The molecule has 0 aliphatic heterocycles. The second kappa shape index (κ2) is 11.8. The molecule has 0 aromatic rings. The van der Waals surface area contributed by atoms with Crippen molar-refractivity contribution in [1.29, 1.82) is 0 Å². The largest absolute Gasteiger partial charge is 0.472 e. The van der Waals surface area contributed by atoms with E-state index in [0.717, 1.165) is 12.8 Å². The lowest BCUT2D eigenvalue weighted by atomic mass is 9.43. The Balaban J connectivity index is 1.45. The molecule has 0 saturated heterocycles. The molecule has 8 nitrogen and oxygen atoms in total. The normalized spacial score (nSPS) is 41.8. The minimum atomic E-state index is -4.64. The molecule has 4 fully saturated rings. The highest BCUT2D eigenvalue weighted by atomic mass is 31.2. The number of carbonyl (C=O) groups excluding carboxylic acids is 1. The third kappa shape index (κ3) is 6.21. The predicted octanol–water partition coefficient (Wildman–Crippen LogP) is 6.09. The van der Waals surface area contributed by atoms with E-state index in [-0.39, 0.29) is 17.9 Å². The average molecular weight is 559 g/mol. The summed E-state index contributed by atoms with van der Waals surface area (Å²) in [6.45, 7) is 11.0. The molecular weight excluding hydrogens is 507 g/mol. The summed E-state index contributed by atoms with van der Waals surface area (Å²) < 4.78 is 32.5. The van der Waals surface area contributed by atoms with Crippen molar-refractivity contribution < 1.29 is 37.9 Å². The van der Waals surface area contributed by atoms with E-state index in [1.807, 2.05) is 7.11 Å². The summed E-state index contributed by atoms with van der Waals surface area (Å²) in [6.07, 6.45) is 11.5. The van der Waals surface area contributed by atoms with Crippen LogP contribution in [0.2, 0.25) is 0 Å².